The van der Waals surface area contributed by atoms with Crippen LogP contribution in [0, 0.1) is 11.3 Å². The van der Waals surface area contributed by atoms with Gasteiger partial charge in [0.05, 0.1) is 35.4 Å². The molecule has 6 rings (SSSR count). The number of amides is 1. The van der Waals surface area contributed by atoms with Crippen molar-refractivity contribution in [1.29, 1.82) is 5.26 Å². The van der Waals surface area contributed by atoms with E-state index >= 15 is 0 Å². The lowest BCUT2D eigenvalue weighted by Crippen LogP contribution is -2.34. The summed E-state index contributed by atoms with van der Waals surface area (Å²) in [5.41, 5.74) is 3.54. The average molecular weight is 541 g/mol. The van der Waals surface area contributed by atoms with E-state index in [9.17, 15) is 10.1 Å². The second-order valence-corrected chi connectivity index (χ2v) is 10.4. The fourth-order valence-corrected chi connectivity index (χ4v) is 4.90. The van der Waals surface area contributed by atoms with Crippen LogP contribution in [-0.4, -0.2) is 51.2 Å². The van der Waals surface area contributed by atoms with Crippen LogP contribution in [0.25, 0.3) is 22.5 Å². The zero-order valence-electron chi connectivity index (χ0n) is 21.4. The maximum atomic E-state index is 13.1. The van der Waals surface area contributed by atoms with Gasteiger partial charge in [0, 0.05) is 42.2 Å². The third kappa shape index (κ3) is 4.60. The Balaban J connectivity index is 1.36. The molecule has 1 saturated heterocycles. The molecule has 1 fully saturated rings. The molecule has 0 bridgehead atoms. The number of benzene rings is 1. The zero-order valence-corrected chi connectivity index (χ0v) is 22.2. The Bertz CT molecular complexity index is 1690. The number of nitrogens with zero attached hydrogens (tertiary/aromatic N) is 6. The van der Waals surface area contributed by atoms with Gasteiger partial charge in [-0.3, -0.25) is 9.78 Å². The molecule has 1 amide bonds. The first-order valence-corrected chi connectivity index (χ1v) is 13.0. The zero-order chi connectivity index (χ0) is 27.1. The Labute approximate surface area is 229 Å². The molecule has 0 radical (unpaired) electrons. The SMILES string of the molecule is CC(C)(C#N)c1ccnc(C(=O)Nc2cccc(-c3cc4cnc(=NC5COC5)nc-4n4c3NCC4)c2Cl)c1. The first kappa shape index (κ1) is 25.0. The number of fused-ring (bicyclic) bond motifs is 3. The van der Waals surface area contributed by atoms with Gasteiger partial charge in [-0.15, -0.1) is 0 Å². The fraction of sp³-hybridized carbons (Fsp3) is 0.286. The first-order chi connectivity index (χ1) is 18.8. The molecule has 4 aliphatic rings. The van der Waals surface area contributed by atoms with Crippen LogP contribution >= 0.6 is 11.6 Å². The van der Waals surface area contributed by atoms with Crippen molar-refractivity contribution in [2.75, 3.05) is 30.4 Å². The Morgan fingerprint density at radius 3 is 2.87 bits per heavy atom. The van der Waals surface area contributed by atoms with Crippen molar-refractivity contribution < 1.29 is 9.53 Å². The number of pyridine rings is 2. The van der Waals surface area contributed by atoms with Crippen LogP contribution < -0.4 is 16.3 Å². The lowest BCUT2D eigenvalue weighted by atomic mass is 9.86. The topological polar surface area (TPSA) is 130 Å². The summed E-state index contributed by atoms with van der Waals surface area (Å²) in [5.74, 6) is 1.26. The highest BCUT2D eigenvalue weighted by Gasteiger charge is 2.25. The monoisotopic (exact) mass is 540 g/mol. The molecule has 0 saturated carbocycles. The van der Waals surface area contributed by atoms with E-state index in [1.54, 1.807) is 38.2 Å². The molecule has 0 atom stereocenters. The van der Waals surface area contributed by atoms with Crippen molar-refractivity contribution in [2.45, 2.75) is 31.8 Å². The molecule has 11 heteroatoms. The molecular weight excluding hydrogens is 516 g/mol. The van der Waals surface area contributed by atoms with Gasteiger partial charge >= 0.3 is 0 Å². The van der Waals surface area contributed by atoms with Crippen LogP contribution in [0.3, 0.4) is 0 Å². The minimum absolute atomic E-state index is 0.102. The van der Waals surface area contributed by atoms with Crippen molar-refractivity contribution >= 4 is 29.0 Å². The van der Waals surface area contributed by atoms with Crippen molar-refractivity contribution in [2.24, 2.45) is 4.99 Å². The second kappa shape index (κ2) is 9.76. The van der Waals surface area contributed by atoms with Gasteiger partial charge in [0.15, 0.2) is 0 Å². The van der Waals surface area contributed by atoms with E-state index in [0.29, 0.717) is 35.1 Å². The number of hydrogen-bond acceptors (Lipinski definition) is 8. The van der Waals surface area contributed by atoms with E-state index < -0.39 is 11.3 Å². The molecule has 0 unspecified atom stereocenters. The van der Waals surface area contributed by atoms with Gasteiger partial charge in [-0.25, -0.2) is 9.98 Å². The summed E-state index contributed by atoms with van der Waals surface area (Å²) < 4.78 is 7.32. The number of hydrogen-bond donors (Lipinski definition) is 2. The van der Waals surface area contributed by atoms with E-state index in [1.165, 1.54) is 6.20 Å². The van der Waals surface area contributed by atoms with Gasteiger partial charge in [0.25, 0.3) is 5.91 Å². The number of aromatic nitrogens is 4. The summed E-state index contributed by atoms with van der Waals surface area (Å²) in [6.07, 6.45) is 3.31. The minimum Gasteiger partial charge on any atom is -0.377 e. The molecular formula is C28H25ClN8O2. The van der Waals surface area contributed by atoms with Gasteiger partial charge in [-0.2, -0.15) is 10.2 Å². The van der Waals surface area contributed by atoms with Crippen LogP contribution in [-0.2, 0) is 16.7 Å². The number of nitriles is 1. The number of ether oxygens (including phenoxy) is 1. The molecule has 2 aromatic rings. The maximum Gasteiger partial charge on any atom is 0.274 e. The van der Waals surface area contributed by atoms with E-state index in [4.69, 9.17) is 21.3 Å². The number of halogens is 1. The number of carbonyl (C=O) groups excluding carboxylic acids is 1. The molecule has 10 nitrogen and oxygen atoms in total. The lowest BCUT2D eigenvalue weighted by Gasteiger charge is -2.21. The Hall–Kier alpha value is -4.33. The van der Waals surface area contributed by atoms with Crippen LogP contribution in [0.15, 0.2) is 53.8 Å². The number of carbonyl (C=O) groups is 1. The Morgan fingerprint density at radius 1 is 1.26 bits per heavy atom. The second-order valence-electron chi connectivity index (χ2n) is 10.0. The van der Waals surface area contributed by atoms with E-state index in [2.05, 4.69) is 36.2 Å². The summed E-state index contributed by atoms with van der Waals surface area (Å²) in [7, 11) is 0. The van der Waals surface area contributed by atoms with Gasteiger partial charge in [0.2, 0.25) is 5.62 Å². The summed E-state index contributed by atoms with van der Waals surface area (Å²) in [5, 5.41) is 16.2. The molecule has 5 heterocycles. The van der Waals surface area contributed by atoms with Crippen LogP contribution in [0.4, 0.5) is 11.5 Å². The minimum atomic E-state index is -0.749. The number of rotatable bonds is 5. The third-order valence-corrected chi connectivity index (χ3v) is 7.35. The highest BCUT2D eigenvalue weighted by atomic mass is 35.5. The molecule has 39 heavy (non-hydrogen) atoms. The predicted molar refractivity (Wildman–Crippen MR) is 147 cm³/mol. The highest BCUT2D eigenvalue weighted by molar-refractivity contribution is 6.36. The Morgan fingerprint density at radius 2 is 2.10 bits per heavy atom. The molecule has 1 aromatic carbocycles. The molecule has 0 aliphatic carbocycles. The van der Waals surface area contributed by atoms with Crippen LogP contribution in [0.5, 0.6) is 0 Å². The molecule has 4 aliphatic heterocycles. The van der Waals surface area contributed by atoms with Gasteiger partial charge in [0.1, 0.15) is 23.4 Å². The van der Waals surface area contributed by atoms with E-state index in [1.807, 2.05) is 18.2 Å². The van der Waals surface area contributed by atoms with Crippen molar-refractivity contribution in [3.63, 3.8) is 0 Å². The predicted octanol–water partition coefficient (Wildman–Crippen LogP) is 3.88. The molecule has 0 spiro atoms. The smallest absolute Gasteiger partial charge is 0.274 e. The molecule has 196 valence electrons. The third-order valence-electron chi connectivity index (χ3n) is 6.94. The average Bonchev–Trinajstić information content (AvgIpc) is 3.42. The summed E-state index contributed by atoms with van der Waals surface area (Å²) in [6, 6.07) is 13.2. The van der Waals surface area contributed by atoms with Crippen molar-refractivity contribution in [1.82, 2.24) is 19.5 Å². The van der Waals surface area contributed by atoms with Crippen LogP contribution in [0.2, 0.25) is 5.02 Å². The summed E-state index contributed by atoms with van der Waals surface area (Å²) in [4.78, 5) is 31.0. The molecule has 2 N–H and O–H groups in total. The van der Waals surface area contributed by atoms with Gasteiger partial charge in [-0.05, 0) is 43.7 Å². The number of nitrogens with one attached hydrogen (secondary N) is 2. The molecule has 1 aromatic heterocycles. The highest BCUT2D eigenvalue weighted by Crippen LogP contribution is 2.41. The van der Waals surface area contributed by atoms with Crippen LogP contribution in [0.1, 0.15) is 29.9 Å². The quantitative estimate of drug-likeness (QED) is 0.393. The fourth-order valence-electron chi connectivity index (χ4n) is 4.62. The van der Waals surface area contributed by atoms with Gasteiger partial charge in [-0.1, -0.05) is 23.7 Å². The summed E-state index contributed by atoms with van der Waals surface area (Å²) >= 11 is 6.89. The normalized spacial score (nSPS) is 15.4. The largest absolute Gasteiger partial charge is 0.377 e. The lowest BCUT2D eigenvalue weighted by molar-refractivity contribution is 0.0112. The van der Waals surface area contributed by atoms with E-state index in [0.717, 1.165) is 41.4 Å². The maximum absolute atomic E-state index is 13.1. The van der Waals surface area contributed by atoms with E-state index in [-0.39, 0.29) is 11.7 Å². The summed E-state index contributed by atoms with van der Waals surface area (Å²) in [6.45, 7) is 6.26. The standard InChI is InChI=1S/C28H25ClN8O2/c1-28(2,15-30)17-6-7-31-22(11-17)26(38)35-21-5-3-4-19(23(21)29)20-10-16-12-33-27(34-18-13-39-14-18)36-24(16)37-9-8-32-25(20)37/h3-7,10-12,18,32H,8-9,13-14H2,1-2H3,(H,35,38). The number of anilines is 2. The van der Waals surface area contributed by atoms with Gasteiger partial charge < -0.3 is 19.9 Å². The van der Waals surface area contributed by atoms with Crippen molar-refractivity contribution in [3.05, 3.63) is 70.7 Å². The van der Waals surface area contributed by atoms with Crippen molar-refractivity contribution in [3.8, 4) is 28.6 Å². The Kier molecular flexibility index (Phi) is 6.25. The first-order valence-electron chi connectivity index (χ1n) is 12.6.